The molecule has 3 amide bonds. The van der Waals surface area contributed by atoms with Crippen LogP contribution in [0.25, 0.3) is 0 Å². The van der Waals surface area contributed by atoms with Gasteiger partial charge in [-0.15, -0.1) is 0 Å². The minimum atomic E-state index is -1.28. The normalized spacial score (nSPS) is 17.0. The zero-order valence-corrected chi connectivity index (χ0v) is 21.4. The molecule has 3 rings (SSSR count). The highest BCUT2D eigenvalue weighted by Crippen LogP contribution is 2.08. The van der Waals surface area contributed by atoms with Gasteiger partial charge in [0.2, 0.25) is 17.7 Å². The molecule has 0 radical (unpaired) electrons. The van der Waals surface area contributed by atoms with E-state index in [1.165, 1.54) is 25.0 Å². The molecule has 0 aliphatic carbocycles. The van der Waals surface area contributed by atoms with Crippen LogP contribution in [0, 0.1) is 0 Å². The molecular weight excluding hydrogens is 510 g/mol. The molecular formula is C23H35N11O5. The molecule has 1 saturated heterocycles. The molecule has 0 aromatic carbocycles. The van der Waals surface area contributed by atoms with E-state index in [2.05, 4.69) is 46.2 Å². The number of aromatic amines is 2. The maximum absolute atomic E-state index is 13.4. The zero-order chi connectivity index (χ0) is 28.2. The van der Waals surface area contributed by atoms with Gasteiger partial charge in [-0.3, -0.25) is 19.4 Å². The molecule has 0 bridgehead atoms. The van der Waals surface area contributed by atoms with Gasteiger partial charge in [-0.05, 0) is 32.2 Å². The number of nitrogens with one attached hydrogen (secondary N) is 6. The van der Waals surface area contributed by atoms with Crippen LogP contribution in [0.2, 0.25) is 0 Å². The van der Waals surface area contributed by atoms with Crippen molar-refractivity contribution in [2.45, 2.75) is 62.7 Å². The summed E-state index contributed by atoms with van der Waals surface area (Å²) in [6.45, 7) is 0.949. The molecule has 2 aromatic heterocycles. The third-order valence-electron chi connectivity index (χ3n) is 6.16. The Hall–Kier alpha value is -4.47. The molecule has 39 heavy (non-hydrogen) atoms. The second-order valence-corrected chi connectivity index (χ2v) is 9.18. The summed E-state index contributed by atoms with van der Waals surface area (Å²) in [7, 11) is 0. The Morgan fingerprint density at radius 1 is 0.974 bits per heavy atom. The molecule has 11 N–H and O–H groups in total. The topological polar surface area (TPSA) is 258 Å². The third kappa shape index (κ3) is 9.41. The number of imidazole rings is 2. The average molecular weight is 546 g/mol. The molecule has 2 aromatic rings. The number of aliphatic carboxylic acids is 1. The Morgan fingerprint density at radius 3 is 2.13 bits per heavy atom. The van der Waals surface area contributed by atoms with E-state index in [1.807, 2.05) is 0 Å². The van der Waals surface area contributed by atoms with Gasteiger partial charge in [0, 0.05) is 43.2 Å². The fourth-order valence-electron chi connectivity index (χ4n) is 4.14. The van der Waals surface area contributed by atoms with E-state index in [0.29, 0.717) is 30.8 Å². The van der Waals surface area contributed by atoms with Gasteiger partial charge in [0.05, 0.1) is 18.7 Å². The lowest BCUT2D eigenvalue weighted by Crippen LogP contribution is -2.57. The summed E-state index contributed by atoms with van der Waals surface area (Å²) in [6.07, 6.45) is 7.82. The first-order valence-corrected chi connectivity index (χ1v) is 12.6. The van der Waals surface area contributed by atoms with Crippen LogP contribution in [0.5, 0.6) is 0 Å². The van der Waals surface area contributed by atoms with Crippen LogP contribution in [0.3, 0.4) is 0 Å². The van der Waals surface area contributed by atoms with Crippen molar-refractivity contribution in [3.8, 4) is 0 Å². The molecule has 4 atom stereocenters. The molecule has 212 valence electrons. The number of H-pyrrole nitrogens is 2. The Morgan fingerprint density at radius 2 is 1.59 bits per heavy atom. The number of aromatic nitrogens is 4. The Kier molecular flexibility index (Phi) is 10.8. The molecule has 16 nitrogen and oxygen atoms in total. The summed E-state index contributed by atoms with van der Waals surface area (Å²) < 4.78 is 0. The molecule has 1 fully saturated rings. The van der Waals surface area contributed by atoms with Gasteiger partial charge in [0.15, 0.2) is 5.96 Å². The molecule has 4 unspecified atom stereocenters. The Bertz CT molecular complexity index is 1110. The number of carboxylic acids is 1. The summed E-state index contributed by atoms with van der Waals surface area (Å²) in [4.78, 5) is 68.6. The van der Waals surface area contributed by atoms with E-state index < -0.39 is 42.0 Å². The van der Waals surface area contributed by atoms with Crippen molar-refractivity contribution >= 4 is 29.7 Å². The highest BCUT2D eigenvalue weighted by Gasteiger charge is 2.32. The average Bonchev–Trinajstić information content (AvgIpc) is 3.68. The first-order chi connectivity index (χ1) is 18.7. The molecule has 0 saturated carbocycles. The quantitative estimate of drug-likeness (QED) is 0.0633. The predicted octanol–water partition coefficient (Wildman–Crippen LogP) is -2.74. The minimum Gasteiger partial charge on any atom is -0.480 e. The van der Waals surface area contributed by atoms with Crippen molar-refractivity contribution in [2.75, 3.05) is 13.1 Å². The predicted molar refractivity (Wildman–Crippen MR) is 139 cm³/mol. The van der Waals surface area contributed by atoms with Gasteiger partial charge < -0.3 is 47.8 Å². The fourth-order valence-corrected chi connectivity index (χ4v) is 4.14. The number of carboxylic acid groups (broad SMARTS) is 1. The lowest BCUT2D eigenvalue weighted by Gasteiger charge is -2.25. The molecule has 0 spiro atoms. The van der Waals surface area contributed by atoms with Crippen LogP contribution in [0.1, 0.15) is 37.1 Å². The molecule has 1 aliphatic rings. The maximum atomic E-state index is 13.4. The number of nitrogens with zero attached hydrogens (tertiary/aromatic N) is 3. The number of guanidine groups is 1. The number of carbonyl (C=O) groups is 4. The lowest BCUT2D eigenvalue weighted by molar-refractivity contribution is -0.142. The van der Waals surface area contributed by atoms with E-state index in [0.717, 1.165) is 6.42 Å². The summed E-state index contributed by atoms with van der Waals surface area (Å²) in [6, 6.07) is -3.83. The first kappa shape index (κ1) is 29.1. The van der Waals surface area contributed by atoms with Crippen molar-refractivity contribution in [3.05, 3.63) is 36.4 Å². The minimum absolute atomic E-state index is 0.00676. The van der Waals surface area contributed by atoms with E-state index in [9.17, 15) is 24.3 Å². The molecule has 16 heteroatoms. The lowest BCUT2D eigenvalue weighted by atomic mass is 10.1. The second kappa shape index (κ2) is 14.5. The van der Waals surface area contributed by atoms with Gasteiger partial charge in [-0.1, -0.05) is 0 Å². The van der Waals surface area contributed by atoms with Crippen LogP contribution in [0.4, 0.5) is 0 Å². The fraction of sp³-hybridized carbons (Fsp3) is 0.522. The van der Waals surface area contributed by atoms with Gasteiger partial charge in [-0.25, -0.2) is 14.8 Å². The first-order valence-electron chi connectivity index (χ1n) is 12.6. The SMILES string of the molecule is NC(N)=NCCCC(NC(=O)C1CCCN1)C(=O)NC(Cc1cnc[nH]1)C(=O)NC(Cc1cnc[nH]1)C(=O)O. The number of hydrogen-bond donors (Lipinski definition) is 9. The van der Waals surface area contributed by atoms with Gasteiger partial charge >= 0.3 is 5.97 Å². The number of aliphatic imine (C=N–C) groups is 1. The number of carbonyl (C=O) groups excluding carboxylic acids is 3. The van der Waals surface area contributed by atoms with E-state index in [-0.39, 0.29) is 37.7 Å². The van der Waals surface area contributed by atoms with E-state index in [1.54, 1.807) is 0 Å². The number of amides is 3. The summed E-state index contributed by atoms with van der Waals surface area (Å²) in [5.74, 6) is -2.98. The van der Waals surface area contributed by atoms with Crippen LogP contribution in [-0.2, 0) is 32.0 Å². The molecule has 1 aliphatic heterocycles. The largest absolute Gasteiger partial charge is 0.480 e. The highest BCUT2D eigenvalue weighted by molar-refractivity contribution is 5.94. The van der Waals surface area contributed by atoms with E-state index >= 15 is 0 Å². The summed E-state index contributed by atoms with van der Waals surface area (Å²) in [5, 5.41) is 20.7. The summed E-state index contributed by atoms with van der Waals surface area (Å²) >= 11 is 0. The second-order valence-electron chi connectivity index (χ2n) is 9.18. The standard InChI is InChI=1S/C23H35N11O5/c24-23(25)29-6-2-4-16(32-19(35)15-3-1-5-28-15)20(36)33-17(7-13-9-26-11-30-13)21(37)34-18(22(38)39)8-14-10-27-12-31-14/h9-12,15-18,28H,1-8H2,(H,26,30)(H,27,31)(H,32,35)(H,33,36)(H,34,37)(H,38,39)(H4,24,25,29). The van der Waals surface area contributed by atoms with Gasteiger partial charge in [-0.2, -0.15) is 0 Å². The van der Waals surface area contributed by atoms with Crippen molar-refractivity contribution in [3.63, 3.8) is 0 Å². The van der Waals surface area contributed by atoms with Crippen LogP contribution in [-0.4, -0.2) is 91.9 Å². The van der Waals surface area contributed by atoms with Crippen LogP contribution >= 0.6 is 0 Å². The molecule has 3 heterocycles. The van der Waals surface area contributed by atoms with Crippen molar-refractivity contribution in [2.24, 2.45) is 16.5 Å². The monoisotopic (exact) mass is 545 g/mol. The number of rotatable bonds is 15. The van der Waals surface area contributed by atoms with Crippen molar-refractivity contribution in [1.82, 2.24) is 41.2 Å². The summed E-state index contributed by atoms with van der Waals surface area (Å²) in [5.41, 5.74) is 11.8. The Labute approximate surface area is 224 Å². The van der Waals surface area contributed by atoms with Crippen molar-refractivity contribution in [1.29, 1.82) is 0 Å². The Balaban J connectivity index is 1.73. The van der Waals surface area contributed by atoms with Crippen LogP contribution in [0.15, 0.2) is 30.0 Å². The number of nitrogens with two attached hydrogens (primary N) is 2. The smallest absolute Gasteiger partial charge is 0.326 e. The third-order valence-corrected chi connectivity index (χ3v) is 6.16. The van der Waals surface area contributed by atoms with Gasteiger partial charge in [0.1, 0.15) is 18.1 Å². The highest BCUT2D eigenvalue weighted by atomic mass is 16.4. The number of hydrogen-bond acceptors (Lipinski definition) is 8. The van der Waals surface area contributed by atoms with Crippen molar-refractivity contribution < 1.29 is 24.3 Å². The van der Waals surface area contributed by atoms with E-state index in [4.69, 9.17) is 11.5 Å². The van der Waals surface area contributed by atoms with Crippen LogP contribution < -0.4 is 32.7 Å². The maximum Gasteiger partial charge on any atom is 0.326 e. The zero-order valence-electron chi connectivity index (χ0n) is 21.4. The van der Waals surface area contributed by atoms with Gasteiger partial charge in [0.25, 0.3) is 0 Å².